The van der Waals surface area contributed by atoms with Crippen molar-refractivity contribution in [2.24, 2.45) is 0 Å². The molecule has 1 fully saturated rings. The van der Waals surface area contributed by atoms with Crippen LogP contribution in [0, 0.1) is 0 Å². The highest BCUT2D eigenvalue weighted by Crippen LogP contribution is 2.23. The molecule has 0 N–H and O–H groups in total. The van der Waals surface area contributed by atoms with Gasteiger partial charge in [-0.1, -0.05) is 142 Å². The summed E-state index contributed by atoms with van der Waals surface area (Å²) in [7, 11) is 0. The molecule has 1 heterocycles. The van der Waals surface area contributed by atoms with Gasteiger partial charge in [-0.3, -0.25) is 0 Å². The lowest BCUT2D eigenvalue weighted by molar-refractivity contribution is -0.917. The molecule has 0 aromatic heterocycles. The fraction of sp³-hybridized carbons (Fsp3) is 1.00. The molecule has 0 aliphatic carbocycles. The molecule has 1 rings (SSSR count). The van der Waals surface area contributed by atoms with Crippen molar-refractivity contribution in [3.8, 4) is 0 Å². The number of hydrogen-bond donors (Lipinski definition) is 0. The van der Waals surface area contributed by atoms with Crippen LogP contribution in [0.1, 0.15) is 181 Å². The van der Waals surface area contributed by atoms with Gasteiger partial charge < -0.3 is 4.48 Å². The fourth-order valence-electron chi connectivity index (χ4n) is 6.14. The van der Waals surface area contributed by atoms with E-state index < -0.39 is 0 Å². The molecule has 0 atom stereocenters. The summed E-state index contributed by atoms with van der Waals surface area (Å²) in [5.41, 5.74) is 0. The summed E-state index contributed by atoms with van der Waals surface area (Å²) < 4.78 is 1.49. The van der Waals surface area contributed by atoms with Crippen molar-refractivity contribution in [1.82, 2.24) is 0 Å². The predicted molar refractivity (Wildman–Crippen MR) is 151 cm³/mol. The Morgan fingerprint density at radius 1 is 0.333 bits per heavy atom. The molecule has 1 saturated heterocycles. The largest absolute Gasteiger partial charge is 0.324 e. The first-order chi connectivity index (χ1) is 16.3. The minimum absolute atomic E-state index is 1.37. The monoisotopic (exact) mass is 465 g/mol. The summed E-state index contributed by atoms with van der Waals surface area (Å²) in [6.45, 7) is 10.6. The Kier molecular flexibility index (Phi) is 22.2. The van der Waals surface area contributed by atoms with Gasteiger partial charge in [-0.05, 0) is 25.7 Å². The molecule has 1 nitrogen and oxygen atoms in total. The van der Waals surface area contributed by atoms with Crippen molar-refractivity contribution in [2.75, 3.05) is 26.2 Å². The van der Waals surface area contributed by atoms with E-state index in [4.69, 9.17) is 0 Å². The molecule has 0 unspecified atom stereocenters. The van der Waals surface area contributed by atoms with Gasteiger partial charge in [-0.25, -0.2) is 0 Å². The van der Waals surface area contributed by atoms with Crippen molar-refractivity contribution in [2.45, 2.75) is 181 Å². The molecule has 1 aliphatic heterocycles. The minimum atomic E-state index is 1.37. The van der Waals surface area contributed by atoms with E-state index in [1.165, 1.54) is 198 Å². The zero-order valence-electron chi connectivity index (χ0n) is 23.7. The number of quaternary nitrogens is 1. The third-order valence-electron chi connectivity index (χ3n) is 8.49. The lowest BCUT2D eigenvalue weighted by Crippen LogP contribution is -2.46. The van der Waals surface area contributed by atoms with Crippen LogP contribution in [-0.2, 0) is 0 Å². The van der Waals surface area contributed by atoms with Crippen LogP contribution in [-0.4, -0.2) is 30.7 Å². The van der Waals surface area contributed by atoms with Crippen LogP contribution in [0.5, 0.6) is 0 Å². The lowest BCUT2D eigenvalue weighted by atomic mass is 10.0. The van der Waals surface area contributed by atoms with Gasteiger partial charge >= 0.3 is 0 Å². The standard InChI is InChI=1S/C32H66N/c1-3-5-7-9-11-13-14-15-16-17-18-19-20-22-24-26-30-33(31-27-28-32-33)29-25-23-21-12-10-8-6-4-2/h3-32H2,1-2H3/q+1. The maximum Gasteiger partial charge on any atom is 0.0788 e. The number of nitrogens with zero attached hydrogens (tertiary/aromatic N) is 1. The van der Waals surface area contributed by atoms with Crippen molar-refractivity contribution in [3.05, 3.63) is 0 Å². The Morgan fingerprint density at radius 3 is 0.848 bits per heavy atom. The Hall–Kier alpha value is -0.0400. The molecule has 0 bridgehead atoms. The molecule has 1 heteroatoms. The van der Waals surface area contributed by atoms with E-state index in [0.717, 1.165) is 0 Å². The van der Waals surface area contributed by atoms with Crippen LogP contribution in [0.2, 0.25) is 0 Å². The number of hydrogen-bond acceptors (Lipinski definition) is 0. The Balaban J connectivity index is 1.87. The molecule has 0 spiro atoms. The quantitative estimate of drug-likeness (QED) is 0.0881. The molecule has 198 valence electrons. The van der Waals surface area contributed by atoms with Crippen molar-refractivity contribution >= 4 is 0 Å². The topological polar surface area (TPSA) is 0 Å². The van der Waals surface area contributed by atoms with E-state index in [9.17, 15) is 0 Å². The molecular weight excluding hydrogens is 398 g/mol. The van der Waals surface area contributed by atoms with Crippen LogP contribution in [0.4, 0.5) is 0 Å². The first-order valence-electron chi connectivity index (χ1n) is 16.2. The third kappa shape index (κ3) is 18.9. The van der Waals surface area contributed by atoms with Crippen molar-refractivity contribution in [1.29, 1.82) is 0 Å². The molecule has 33 heavy (non-hydrogen) atoms. The third-order valence-corrected chi connectivity index (χ3v) is 8.49. The average molecular weight is 465 g/mol. The second-order valence-corrected chi connectivity index (χ2v) is 11.7. The first-order valence-corrected chi connectivity index (χ1v) is 16.2. The lowest BCUT2D eigenvalue weighted by Gasteiger charge is -2.34. The normalized spacial score (nSPS) is 15.5. The van der Waals surface area contributed by atoms with Crippen LogP contribution in [0.25, 0.3) is 0 Å². The Morgan fingerprint density at radius 2 is 0.576 bits per heavy atom. The van der Waals surface area contributed by atoms with Gasteiger partial charge in [0.2, 0.25) is 0 Å². The maximum atomic E-state index is 2.32. The molecule has 1 aliphatic rings. The Bertz CT molecular complexity index is 371. The maximum absolute atomic E-state index is 2.32. The summed E-state index contributed by atoms with van der Waals surface area (Å²) in [5.74, 6) is 0. The van der Waals surface area contributed by atoms with Crippen LogP contribution >= 0.6 is 0 Å². The fourth-order valence-corrected chi connectivity index (χ4v) is 6.14. The molecular formula is C32H66N+. The van der Waals surface area contributed by atoms with Gasteiger partial charge in [0.25, 0.3) is 0 Å². The molecule has 0 aromatic rings. The van der Waals surface area contributed by atoms with Gasteiger partial charge in [0.1, 0.15) is 0 Å². The van der Waals surface area contributed by atoms with Crippen LogP contribution in [0.15, 0.2) is 0 Å². The van der Waals surface area contributed by atoms with E-state index in [0.29, 0.717) is 0 Å². The number of likely N-dealkylation sites (tertiary alicyclic amines) is 1. The minimum Gasteiger partial charge on any atom is -0.324 e. The van der Waals surface area contributed by atoms with Crippen LogP contribution in [0.3, 0.4) is 0 Å². The van der Waals surface area contributed by atoms with Gasteiger partial charge in [0.15, 0.2) is 0 Å². The second kappa shape index (κ2) is 23.7. The van der Waals surface area contributed by atoms with Crippen molar-refractivity contribution < 1.29 is 4.48 Å². The summed E-state index contributed by atoms with van der Waals surface area (Å²) in [6.07, 6.45) is 38.4. The zero-order valence-corrected chi connectivity index (χ0v) is 23.7. The SMILES string of the molecule is CCCCCCCCCCCCCCCCCC[N+]1(CCCCCCCCCC)CCCC1. The van der Waals surface area contributed by atoms with E-state index in [2.05, 4.69) is 13.8 Å². The highest BCUT2D eigenvalue weighted by molar-refractivity contribution is 4.58. The van der Waals surface area contributed by atoms with E-state index in [-0.39, 0.29) is 0 Å². The second-order valence-electron chi connectivity index (χ2n) is 11.7. The van der Waals surface area contributed by atoms with Crippen LogP contribution < -0.4 is 0 Å². The van der Waals surface area contributed by atoms with Gasteiger partial charge in [0, 0.05) is 12.8 Å². The zero-order chi connectivity index (χ0) is 23.7. The summed E-state index contributed by atoms with van der Waals surface area (Å²) in [5, 5.41) is 0. The van der Waals surface area contributed by atoms with E-state index >= 15 is 0 Å². The summed E-state index contributed by atoms with van der Waals surface area (Å²) in [4.78, 5) is 0. The van der Waals surface area contributed by atoms with E-state index in [1.807, 2.05) is 0 Å². The van der Waals surface area contributed by atoms with E-state index in [1.54, 1.807) is 0 Å². The molecule has 0 amide bonds. The highest BCUT2D eigenvalue weighted by Gasteiger charge is 2.30. The van der Waals surface area contributed by atoms with Gasteiger partial charge in [-0.15, -0.1) is 0 Å². The highest BCUT2D eigenvalue weighted by atomic mass is 15.4. The van der Waals surface area contributed by atoms with Gasteiger partial charge in [0.05, 0.1) is 26.2 Å². The summed E-state index contributed by atoms with van der Waals surface area (Å²) in [6, 6.07) is 0. The van der Waals surface area contributed by atoms with Gasteiger partial charge in [-0.2, -0.15) is 0 Å². The molecule has 0 aromatic carbocycles. The number of unbranched alkanes of at least 4 members (excludes halogenated alkanes) is 22. The average Bonchev–Trinajstić information content (AvgIpc) is 3.29. The Labute approximate surface area is 211 Å². The predicted octanol–water partition coefficient (Wildman–Crippen LogP) is 11.0. The first kappa shape index (κ1) is 31.0. The molecule has 0 saturated carbocycles. The summed E-state index contributed by atoms with van der Waals surface area (Å²) >= 11 is 0. The van der Waals surface area contributed by atoms with Crippen molar-refractivity contribution in [3.63, 3.8) is 0 Å². The number of rotatable bonds is 26. The molecule has 0 radical (unpaired) electrons. The smallest absolute Gasteiger partial charge is 0.0788 e.